The second-order valence-electron chi connectivity index (χ2n) is 10.6. The third-order valence-electron chi connectivity index (χ3n) is 7.56. The van der Waals surface area contributed by atoms with Crippen molar-refractivity contribution in [1.29, 1.82) is 0 Å². The van der Waals surface area contributed by atoms with Crippen LogP contribution >= 0.6 is 35.4 Å². The average molecular weight is 578 g/mol. The van der Waals surface area contributed by atoms with E-state index in [1.54, 1.807) is 6.20 Å². The number of anilines is 2. The molecule has 1 N–H and O–H groups in total. The molecule has 0 unspecified atom stereocenters. The van der Waals surface area contributed by atoms with E-state index in [1.807, 2.05) is 54.9 Å². The number of nitrogens with one attached hydrogen (secondary N) is 1. The van der Waals surface area contributed by atoms with E-state index < -0.39 is 0 Å². The van der Waals surface area contributed by atoms with Gasteiger partial charge in [0, 0.05) is 43.1 Å². The van der Waals surface area contributed by atoms with Crippen LogP contribution in [0.15, 0.2) is 79.3 Å². The van der Waals surface area contributed by atoms with E-state index in [9.17, 15) is 0 Å². The van der Waals surface area contributed by atoms with Gasteiger partial charge in [-0.1, -0.05) is 43.1 Å². The molecule has 4 atom stereocenters. The molecule has 0 spiro atoms. The molecule has 0 bridgehead atoms. The lowest BCUT2D eigenvalue weighted by Crippen LogP contribution is -2.38. The molecule has 0 aliphatic carbocycles. The molecule has 0 radical (unpaired) electrons. The summed E-state index contributed by atoms with van der Waals surface area (Å²) in [6.45, 7) is 6.65. The molecule has 2 fully saturated rings. The Morgan fingerprint density at radius 3 is 2.46 bits per heavy atom. The number of nitrogens with zero attached hydrogens (tertiary/aromatic N) is 5. The summed E-state index contributed by atoms with van der Waals surface area (Å²) in [6.07, 6.45) is 6.73. The number of thiocarbonyl (C=S) groups is 1. The van der Waals surface area contributed by atoms with Gasteiger partial charge in [0.25, 0.3) is 0 Å². The lowest BCUT2D eigenvalue weighted by Gasteiger charge is -2.37. The predicted molar refractivity (Wildman–Crippen MR) is 163 cm³/mol. The van der Waals surface area contributed by atoms with Crippen LogP contribution in [0, 0.1) is 11.8 Å². The zero-order chi connectivity index (χ0) is 27.1. The summed E-state index contributed by atoms with van der Waals surface area (Å²) >= 11 is 19.1. The molecule has 0 amide bonds. The first-order valence-electron chi connectivity index (χ1n) is 13.2. The summed E-state index contributed by atoms with van der Waals surface area (Å²) in [5.74, 6) is 2.05. The fraction of sp³-hybridized carbons (Fsp3) is 0.300. The van der Waals surface area contributed by atoms with Crippen LogP contribution in [0.1, 0.15) is 43.7 Å². The predicted octanol–water partition coefficient (Wildman–Crippen LogP) is 7.23. The van der Waals surface area contributed by atoms with Crippen molar-refractivity contribution in [3.8, 4) is 5.82 Å². The van der Waals surface area contributed by atoms with Crippen LogP contribution in [-0.2, 0) is 0 Å². The van der Waals surface area contributed by atoms with Gasteiger partial charge in [-0.25, -0.2) is 4.98 Å². The van der Waals surface area contributed by atoms with Crippen LogP contribution in [0.2, 0.25) is 10.0 Å². The first-order chi connectivity index (χ1) is 18.9. The summed E-state index contributed by atoms with van der Waals surface area (Å²) in [5.41, 5.74) is 3.93. The minimum absolute atomic E-state index is 0.179. The highest BCUT2D eigenvalue weighted by atomic mass is 35.5. The number of aromatic nitrogens is 3. The molecular weight excluding hydrogens is 547 g/mol. The molecule has 1 aromatic carbocycles. The Bertz CT molecular complexity index is 1460. The molecule has 5 heterocycles. The van der Waals surface area contributed by atoms with E-state index in [2.05, 4.69) is 61.7 Å². The number of piperidine rings is 1. The van der Waals surface area contributed by atoms with Crippen molar-refractivity contribution >= 4 is 51.9 Å². The molecular formula is C30H30Cl2N6S. The van der Waals surface area contributed by atoms with Crippen molar-refractivity contribution in [2.45, 2.75) is 32.4 Å². The standard InChI is InChI=1S/C30H30Cl2N6S/c1-19-14-20(2)18-36(17-19)25-10-9-22(15-23(25)32)38-29(28(35-30(38)39)24-6-3-4-12-33-24)26-7-5-13-37(26)27-11-8-21(31)16-34-27/h3-13,15-16,19-20,28-29H,14,17-18H2,1-2H3,(H,35,39)/t19-,20+,28-,29+/m1/s1. The van der Waals surface area contributed by atoms with Gasteiger partial charge in [0.2, 0.25) is 0 Å². The summed E-state index contributed by atoms with van der Waals surface area (Å²) in [6, 6.07) is 19.8. The quantitative estimate of drug-likeness (QED) is 0.253. The van der Waals surface area contributed by atoms with Crippen LogP contribution in [0.25, 0.3) is 5.82 Å². The van der Waals surface area contributed by atoms with Crippen molar-refractivity contribution in [3.63, 3.8) is 0 Å². The number of hydrogen-bond acceptors (Lipinski definition) is 4. The summed E-state index contributed by atoms with van der Waals surface area (Å²) in [4.78, 5) is 13.8. The van der Waals surface area contributed by atoms with Crippen LogP contribution in [0.3, 0.4) is 0 Å². The second kappa shape index (κ2) is 10.8. The Morgan fingerprint density at radius 2 is 1.77 bits per heavy atom. The SMILES string of the molecule is C[C@@H]1C[C@H](C)CN(c2ccc(N3C(=S)N[C@H](c4ccccn4)[C@@H]3c3cccn3-c3ccc(Cl)cn3)cc2Cl)C1. The Balaban J connectivity index is 1.42. The zero-order valence-corrected chi connectivity index (χ0v) is 24.2. The van der Waals surface area contributed by atoms with E-state index in [0.29, 0.717) is 22.0 Å². The average Bonchev–Trinajstić information content (AvgIpc) is 3.53. The third-order valence-corrected chi connectivity index (χ3v) is 8.40. The van der Waals surface area contributed by atoms with Gasteiger partial charge in [-0.3, -0.25) is 4.98 Å². The van der Waals surface area contributed by atoms with Crippen molar-refractivity contribution in [2.75, 3.05) is 22.9 Å². The van der Waals surface area contributed by atoms with Gasteiger partial charge in [0.05, 0.1) is 27.5 Å². The Hall–Kier alpha value is -3.13. The maximum atomic E-state index is 6.98. The number of halogens is 2. The van der Waals surface area contributed by atoms with Crippen LogP contribution in [0.4, 0.5) is 11.4 Å². The van der Waals surface area contributed by atoms with Crippen LogP contribution < -0.4 is 15.1 Å². The molecule has 0 saturated carbocycles. The highest BCUT2D eigenvalue weighted by molar-refractivity contribution is 7.80. The minimum Gasteiger partial charge on any atom is -0.370 e. The first-order valence-corrected chi connectivity index (χ1v) is 14.4. The lowest BCUT2D eigenvalue weighted by molar-refractivity contribution is 0.357. The molecule has 6 rings (SSSR count). The maximum Gasteiger partial charge on any atom is 0.174 e. The van der Waals surface area contributed by atoms with Gasteiger partial charge in [-0.2, -0.15) is 0 Å². The Labute approximate surface area is 244 Å². The van der Waals surface area contributed by atoms with Gasteiger partial charge in [0.15, 0.2) is 5.11 Å². The van der Waals surface area contributed by atoms with Gasteiger partial charge in [-0.05, 0) is 85.1 Å². The largest absolute Gasteiger partial charge is 0.370 e. The monoisotopic (exact) mass is 576 g/mol. The molecule has 9 heteroatoms. The molecule has 4 aromatic rings. The van der Waals surface area contributed by atoms with Gasteiger partial charge >= 0.3 is 0 Å². The molecule has 2 saturated heterocycles. The summed E-state index contributed by atoms with van der Waals surface area (Å²) in [5, 5.41) is 5.48. The minimum atomic E-state index is -0.197. The summed E-state index contributed by atoms with van der Waals surface area (Å²) in [7, 11) is 0. The van der Waals surface area contributed by atoms with E-state index in [4.69, 9.17) is 35.4 Å². The molecule has 2 aliphatic heterocycles. The number of benzene rings is 1. The van der Waals surface area contributed by atoms with E-state index in [1.165, 1.54) is 6.42 Å². The third kappa shape index (κ3) is 5.11. The van der Waals surface area contributed by atoms with Gasteiger partial charge in [0.1, 0.15) is 11.9 Å². The highest BCUT2D eigenvalue weighted by Gasteiger charge is 2.42. The topological polar surface area (TPSA) is 49.2 Å². The normalized spacial score (nSPS) is 23.2. The maximum absolute atomic E-state index is 6.98. The van der Waals surface area contributed by atoms with Crippen LogP contribution in [0.5, 0.6) is 0 Å². The van der Waals surface area contributed by atoms with Crippen molar-refractivity contribution < 1.29 is 0 Å². The molecule has 3 aromatic heterocycles. The Morgan fingerprint density at radius 1 is 0.949 bits per heavy atom. The zero-order valence-electron chi connectivity index (χ0n) is 21.8. The molecule has 6 nitrogen and oxygen atoms in total. The van der Waals surface area contributed by atoms with Crippen molar-refractivity contribution in [1.82, 2.24) is 19.9 Å². The molecule has 39 heavy (non-hydrogen) atoms. The van der Waals surface area contributed by atoms with Gasteiger partial charge in [-0.15, -0.1) is 0 Å². The lowest BCUT2D eigenvalue weighted by atomic mass is 9.91. The second-order valence-corrected chi connectivity index (χ2v) is 11.9. The number of rotatable bonds is 5. The number of pyridine rings is 2. The molecule has 200 valence electrons. The number of hydrogen-bond donors (Lipinski definition) is 1. The van der Waals surface area contributed by atoms with Crippen molar-refractivity contribution in [2.24, 2.45) is 11.8 Å². The smallest absolute Gasteiger partial charge is 0.174 e. The van der Waals surface area contributed by atoms with E-state index >= 15 is 0 Å². The van der Waals surface area contributed by atoms with E-state index in [-0.39, 0.29) is 12.1 Å². The van der Waals surface area contributed by atoms with Gasteiger partial charge < -0.3 is 19.7 Å². The van der Waals surface area contributed by atoms with Crippen molar-refractivity contribution in [3.05, 3.63) is 101 Å². The van der Waals surface area contributed by atoms with Crippen LogP contribution in [-0.4, -0.2) is 32.7 Å². The fourth-order valence-electron chi connectivity index (χ4n) is 6.05. The summed E-state index contributed by atoms with van der Waals surface area (Å²) < 4.78 is 2.08. The first kappa shape index (κ1) is 26.1. The fourth-order valence-corrected chi connectivity index (χ4v) is 6.80. The Kier molecular flexibility index (Phi) is 7.23. The van der Waals surface area contributed by atoms with E-state index in [0.717, 1.165) is 46.7 Å². The highest BCUT2D eigenvalue weighted by Crippen LogP contribution is 2.44. The molecule has 2 aliphatic rings.